The minimum absolute atomic E-state index is 0.0191. The first-order valence-corrected chi connectivity index (χ1v) is 7.78. The second-order valence-corrected chi connectivity index (χ2v) is 6.42. The molecule has 112 valence electrons. The first-order valence-electron chi connectivity index (χ1n) is 6.61. The summed E-state index contributed by atoms with van der Waals surface area (Å²) in [7, 11) is 3.96. The molecule has 0 spiro atoms. The van der Waals surface area contributed by atoms with E-state index in [1.165, 1.54) is 6.20 Å². The number of halogens is 2. The fourth-order valence-electron chi connectivity index (χ4n) is 2.02. The van der Waals surface area contributed by atoms with Gasteiger partial charge in [-0.1, -0.05) is 39.7 Å². The monoisotopic (exact) mass is 369 g/mol. The van der Waals surface area contributed by atoms with Gasteiger partial charge in [-0.15, -0.1) is 0 Å². The Morgan fingerprint density at radius 3 is 2.86 bits per heavy atom. The van der Waals surface area contributed by atoms with Crippen LogP contribution >= 0.6 is 27.5 Å². The molecule has 6 heteroatoms. The van der Waals surface area contributed by atoms with Crippen molar-refractivity contribution in [3.8, 4) is 0 Å². The van der Waals surface area contributed by atoms with E-state index in [1.807, 2.05) is 43.3 Å². The number of hydrogen-bond donors (Lipinski definition) is 0. The van der Waals surface area contributed by atoms with Crippen molar-refractivity contribution in [2.24, 2.45) is 0 Å². The molecule has 0 aliphatic heterocycles. The average Bonchev–Trinajstić information content (AvgIpc) is 2.77. The van der Waals surface area contributed by atoms with Gasteiger partial charge >= 0.3 is 0 Å². The first-order chi connectivity index (χ1) is 9.97. The van der Waals surface area contributed by atoms with Crippen LogP contribution in [0.15, 0.2) is 34.9 Å². The van der Waals surface area contributed by atoms with Gasteiger partial charge in [0.15, 0.2) is 5.78 Å². The summed E-state index contributed by atoms with van der Waals surface area (Å²) in [6.45, 7) is 1.44. The Hall–Kier alpha value is -1.17. The van der Waals surface area contributed by atoms with E-state index in [0.29, 0.717) is 23.7 Å². The third kappa shape index (κ3) is 4.40. The SMILES string of the molecule is CN(C)CCn1ncc(Cl)c1C(=O)Cc1cccc(Br)c1. The van der Waals surface area contributed by atoms with E-state index >= 15 is 0 Å². The Kier molecular flexibility index (Phi) is 5.56. The predicted octanol–water partition coefficient (Wildman–Crippen LogP) is 3.29. The Balaban J connectivity index is 2.17. The molecule has 0 aliphatic carbocycles. The average molecular weight is 371 g/mol. The summed E-state index contributed by atoms with van der Waals surface area (Å²) in [5.41, 5.74) is 1.43. The van der Waals surface area contributed by atoms with Gasteiger partial charge in [-0.2, -0.15) is 5.10 Å². The maximum absolute atomic E-state index is 12.5. The van der Waals surface area contributed by atoms with Crippen LogP contribution in [-0.2, 0) is 13.0 Å². The van der Waals surface area contributed by atoms with Gasteiger partial charge in [0.1, 0.15) is 5.69 Å². The largest absolute Gasteiger partial charge is 0.308 e. The fourth-order valence-corrected chi connectivity index (χ4v) is 2.71. The summed E-state index contributed by atoms with van der Waals surface area (Å²) >= 11 is 9.54. The van der Waals surface area contributed by atoms with Crippen LogP contribution in [0.1, 0.15) is 16.1 Å². The molecule has 1 heterocycles. The topological polar surface area (TPSA) is 38.1 Å². The van der Waals surface area contributed by atoms with Crippen molar-refractivity contribution in [2.75, 3.05) is 20.6 Å². The van der Waals surface area contributed by atoms with E-state index < -0.39 is 0 Å². The number of nitrogens with zero attached hydrogens (tertiary/aromatic N) is 3. The zero-order valence-electron chi connectivity index (χ0n) is 12.0. The number of rotatable bonds is 6. The summed E-state index contributed by atoms with van der Waals surface area (Å²) in [6.07, 6.45) is 1.85. The van der Waals surface area contributed by atoms with Crippen LogP contribution in [0.25, 0.3) is 0 Å². The van der Waals surface area contributed by atoms with Crippen LogP contribution in [0, 0.1) is 0 Å². The van der Waals surface area contributed by atoms with Crippen molar-refractivity contribution in [1.82, 2.24) is 14.7 Å². The molecule has 0 aliphatic rings. The highest BCUT2D eigenvalue weighted by molar-refractivity contribution is 9.10. The number of Topliss-reactive ketones (excluding diaryl/α,β-unsaturated/α-hetero) is 1. The van der Waals surface area contributed by atoms with Crippen LogP contribution in [0.4, 0.5) is 0 Å². The van der Waals surface area contributed by atoms with Gasteiger partial charge in [0.05, 0.1) is 17.8 Å². The molecule has 1 aromatic carbocycles. The lowest BCUT2D eigenvalue weighted by atomic mass is 10.1. The van der Waals surface area contributed by atoms with Crippen molar-refractivity contribution >= 4 is 33.3 Å². The maximum atomic E-state index is 12.5. The molecule has 0 unspecified atom stereocenters. The highest BCUT2D eigenvalue weighted by atomic mass is 79.9. The Morgan fingerprint density at radius 2 is 2.19 bits per heavy atom. The van der Waals surface area contributed by atoms with Crippen LogP contribution in [0.5, 0.6) is 0 Å². The van der Waals surface area contributed by atoms with E-state index in [9.17, 15) is 4.79 Å². The molecule has 0 saturated carbocycles. The molecule has 0 N–H and O–H groups in total. The maximum Gasteiger partial charge on any atom is 0.186 e. The lowest BCUT2D eigenvalue weighted by Crippen LogP contribution is -2.22. The second-order valence-electron chi connectivity index (χ2n) is 5.10. The van der Waals surface area contributed by atoms with E-state index in [0.717, 1.165) is 16.6 Å². The molecule has 21 heavy (non-hydrogen) atoms. The number of ketones is 1. The number of hydrogen-bond acceptors (Lipinski definition) is 3. The van der Waals surface area contributed by atoms with Gasteiger partial charge in [-0.05, 0) is 31.8 Å². The highest BCUT2D eigenvalue weighted by Crippen LogP contribution is 2.19. The number of carbonyl (C=O) groups is 1. The standard InChI is InChI=1S/C15H17BrClN3O/c1-19(2)6-7-20-15(13(17)10-18-20)14(21)9-11-4-3-5-12(16)8-11/h3-5,8,10H,6-7,9H2,1-2H3. The summed E-state index contributed by atoms with van der Waals surface area (Å²) < 4.78 is 2.64. The summed E-state index contributed by atoms with van der Waals surface area (Å²) in [5.74, 6) is -0.0191. The molecule has 0 saturated heterocycles. The first kappa shape index (κ1) is 16.2. The third-order valence-corrected chi connectivity index (χ3v) is 3.84. The zero-order valence-corrected chi connectivity index (χ0v) is 14.4. The second kappa shape index (κ2) is 7.20. The van der Waals surface area contributed by atoms with Gasteiger partial charge in [0.2, 0.25) is 0 Å². The van der Waals surface area contributed by atoms with E-state index in [2.05, 4.69) is 21.0 Å². The molecule has 0 fully saturated rings. The molecular formula is C15H17BrClN3O. The molecule has 0 radical (unpaired) electrons. The highest BCUT2D eigenvalue weighted by Gasteiger charge is 2.18. The summed E-state index contributed by atoms with van der Waals surface area (Å²) in [5, 5.41) is 4.61. The van der Waals surface area contributed by atoms with Gasteiger partial charge in [0, 0.05) is 17.4 Å². The fraction of sp³-hybridized carbons (Fsp3) is 0.333. The smallest absolute Gasteiger partial charge is 0.186 e. The van der Waals surface area contributed by atoms with Crippen molar-refractivity contribution < 1.29 is 4.79 Å². The van der Waals surface area contributed by atoms with Crippen LogP contribution < -0.4 is 0 Å². The molecule has 0 amide bonds. The molecule has 2 aromatic rings. The van der Waals surface area contributed by atoms with Crippen molar-refractivity contribution in [1.29, 1.82) is 0 Å². The van der Waals surface area contributed by atoms with E-state index in [-0.39, 0.29) is 5.78 Å². The van der Waals surface area contributed by atoms with Gasteiger partial charge in [-0.3, -0.25) is 9.48 Å². The zero-order chi connectivity index (χ0) is 15.4. The summed E-state index contributed by atoms with van der Waals surface area (Å²) in [4.78, 5) is 14.5. The van der Waals surface area contributed by atoms with Crippen LogP contribution in [-0.4, -0.2) is 41.1 Å². The van der Waals surface area contributed by atoms with E-state index in [4.69, 9.17) is 11.6 Å². The minimum atomic E-state index is -0.0191. The van der Waals surface area contributed by atoms with Crippen molar-refractivity contribution in [3.05, 3.63) is 51.2 Å². The third-order valence-electron chi connectivity index (χ3n) is 3.07. The van der Waals surface area contributed by atoms with E-state index in [1.54, 1.807) is 4.68 Å². The predicted molar refractivity (Wildman–Crippen MR) is 88.0 cm³/mol. The van der Waals surface area contributed by atoms with Gasteiger partial charge < -0.3 is 4.90 Å². The quantitative estimate of drug-likeness (QED) is 0.732. The normalized spacial score (nSPS) is 11.1. The Morgan fingerprint density at radius 1 is 1.43 bits per heavy atom. The van der Waals surface area contributed by atoms with Crippen LogP contribution in [0.3, 0.4) is 0 Å². The minimum Gasteiger partial charge on any atom is -0.308 e. The van der Waals surface area contributed by atoms with Crippen molar-refractivity contribution in [3.63, 3.8) is 0 Å². The summed E-state index contributed by atoms with van der Waals surface area (Å²) in [6, 6.07) is 7.71. The lowest BCUT2D eigenvalue weighted by Gasteiger charge is -2.11. The molecule has 4 nitrogen and oxygen atoms in total. The molecule has 1 aromatic heterocycles. The molecular weight excluding hydrogens is 354 g/mol. The van der Waals surface area contributed by atoms with Crippen molar-refractivity contribution in [2.45, 2.75) is 13.0 Å². The lowest BCUT2D eigenvalue weighted by molar-refractivity contribution is 0.0982. The number of benzene rings is 1. The van der Waals surface area contributed by atoms with Gasteiger partial charge in [-0.25, -0.2) is 0 Å². The number of aromatic nitrogens is 2. The Labute approximate surface area is 137 Å². The molecule has 0 bridgehead atoms. The molecule has 0 atom stereocenters. The van der Waals surface area contributed by atoms with Crippen LogP contribution in [0.2, 0.25) is 5.02 Å². The van der Waals surface area contributed by atoms with Gasteiger partial charge in [0.25, 0.3) is 0 Å². The number of likely N-dealkylation sites (N-methyl/N-ethyl adjacent to an activating group) is 1. The molecule has 2 rings (SSSR count). The Bertz CT molecular complexity index is 640. The number of carbonyl (C=O) groups excluding carboxylic acids is 1.